The fourth-order valence-electron chi connectivity index (χ4n) is 2.64. The van der Waals surface area contributed by atoms with Gasteiger partial charge in [-0.25, -0.2) is 15.2 Å². The van der Waals surface area contributed by atoms with Crippen molar-refractivity contribution in [3.63, 3.8) is 0 Å². The zero-order chi connectivity index (χ0) is 16.4. The molecule has 1 aliphatic heterocycles. The Hall–Kier alpha value is -1.95. The summed E-state index contributed by atoms with van der Waals surface area (Å²) in [5, 5.41) is 3.47. The second-order valence-corrected chi connectivity index (χ2v) is 6.01. The quantitative estimate of drug-likeness (QED) is 0.807. The SMILES string of the molecule is Cc1cc(NC(=O)C2CC(c3ccccc3Cl)NN2)ccc1F. The molecule has 0 aliphatic carbocycles. The number of hydrogen-bond donors (Lipinski definition) is 3. The first-order valence-electron chi connectivity index (χ1n) is 7.37. The van der Waals surface area contributed by atoms with E-state index < -0.39 is 0 Å². The number of hydrazine groups is 1. The molecule has 0 spiro atoms. The first kappa shape index (κ1) is 15.9. The maximum atomic E-state index is 13.3. The molecule has 0 saturated carbocycles. The van der Waals surface area contributed by atoms with Crippen molar-refractivity contribution in [2.45, 2.75) is 25.4 Å². The maximum absolute atomic E-state index is 13.3. The molecule has 3 N–H and O–H groups in total. The molecule has 2 aromatic carbocycles. The fraction of sp³-hybridized carbons (Fsp3) is 0.235. The van der Waals surface area contributed by atoms with Crippen LogP contribution in [0.25, 0.3) is 0 Å². The van der Waals surface area contributed by atoms with E-state index in [1.807, 2.05) is 24.3 Å². The standard InChI is InChI=1S/C17H17ClFN3O/c1-10-8-11(6-7-14(10)19)20-17(23)16-9-15(21-22-16)12-4-2-3-5-13(12)18/h2-8,15-16,21-22H,9H2,1H3,(H,20,23). The van der Waals surface area contributed by atoms with Gasteiger partial charge in [-0.05, 0) is 48.7 Å². The van der Waals surface area contributed by atoms with Crippen LogP contribution in [0.3, 0.4) is 0 Å². The van der Waals surface area contributed by atoms with Gasteiger partial charge in [0.1, 0.15) is 11.9 Å². The van der Waals surface area contributed by atoms with Crippen LogP contribution >= 0.6 is 11.6 Å². The van der Waals surface area contributed by atoms with Crippen LogP contribution in [-0.4, -0.2) is 11.9 Å². The second-order valence-electron chi connectivity index (χ2n) is 5.60. The second kappa shape index (κ2) is 6.66. The van der Waals surface area contributed by atoms with Crippen LogP contribution in [0.5, 0.6) is 0 Å². The highest BCUT2D eigenvalue weighted by Gasteiger charge is 2.31. The number of aryl methyl sites for hydroxylation is 1. The molecule has 1 aliphatic rings. The molecular weight excluding hydrogens is 317 g/mol. The average Bonchev–Trinajstić information content (AvgIpc) is 3.01. The lowest BCUT2D eigenvalue weighted by molar-refractivity contribution is -0.117. The zero-order valence-electron chi connectivity index (χ0n) is 12.6. The van der Waals surface area contributed by atoms with Crippen LogP contribution in [0.4, 0.5) is 10.1 Å². The van der Waals surface area contributed by atoms with Crippen LogP contribution < -0.4 is 16.2 Å². The van der Waals surface area contributed by atoms with Crippen molar-refractivity contribution in [2.24, 2.45) is 0 Å². The Bertz CT molecular complexity index is 738. The monoisotopic (exact) mass is 333 g/mol. The number of hydrogen-bond acceptors (Lipinski definition) is 3. The molecule has 2 atom stereocenters. The Balaban J connectivity index is 1.65. The van der Waals surface area contributed by atoms with Crippen molar-refractivity contribution in [3.05, 3.63) is 64.4 Å². The van der Waals surface area contributed by atoms with Crippen molar-refractivity contribution in [3.8, 4) is 0 Å². The first-order chi connectivity index (χ1) is 11.0. The van der Waals surface area contributed by atoms with Gasteiger partial charge in [-0.2, -0.15) is 0 Å². The summed E-state index contributed by atoms with van der Waals surface area (Å²) in [5.41, 5.74) is 8.11. The minimum atomic E-state index is -0.387. The smallest absolute Gasteiger partial charge is 0.242 e. The summed E-state index contributed by atoms with van der Waals surface area (Å²) in [6.07, 6.45) is 0.579. The Kier molecular flexibility index (Phi) is 4.61. The number of rotatable bonds is 3. The highest BCUT2D eigenvalue weighted by molar-refractivity contribution is 6.31. The van der Waals surface area contributed by atoms with Crippen LogP contribution in [0.15, 0.2) is 42.5 Å². The van der Waals surface area contributed by atoms with Crippen LogP contribution in [0, 0.1) is 12.7 Å². The van der Waals surface area contributed by atoms with E-state index in [1.54, 1.807) is 19.1 Å². The maximum Gasteiger partial charge on any atom is 0.242 e. The average molecular weight is 334 g/mol. The Labute approximate surface area is 139 Å². The third kappa shape index (κ3) is 3.52. The van der Waals surface area contributed by atoms with Crippen LogP contribution in [-0.2, 0) is 4.79 Å². The van der Waals surface area contributed by atoms with Crippen molar-refractivity contribution < 1.29 is 9.18 Å². The van der Waals surface area contributed by atoms with E-state index in [2.05, 4.69) is 16.2 Å². The van der Waals surface area contributed by atoms with Gasteiger partial charge >= 0.3 is 0 Å². The molecule has 0 aromatic heterocycles. The summed E-state index contributed by atoms with van der Waals surface area (Å²) < 4.78 is 13.3. The number of carbonyl (C=O) groups excluding carboxylic acids is 1. The number of nitrogens with one attached hydrogen (secondary N) is 3. The van der Waals surface area contributed by atoms with Gasteiger partial charge in [-0.1, -0.05) is 29.8 Å². The van der Waals surface area contributed by atoms with Gasteiger partial charge in [0, 0.05) is 16.8 Å². The number of anilines is 1. The van der Waals surface area contributed by atoms with E-state index in [4.69, 9.17) is 11.6 Å². The van der Waals surface area contributed by atoms with Gasteiger partial charge < -0.3 is 5.32 Å². The molecule has 1 amide bonds. The molecule has 23 heavy (non-hydrogen) atoms. The van der Waals surface area contributed by atoms with E-state index in [0.717, 1.165) is 5.56 Å². The molecular formula is C17H17ClFN3O. The van der Waals surface area contributed by atoms with Gasteiger partial charge in [-0.3, -0.25) is 4.79 Å². The number of carbonyl (C=O) groups is 1. The molecule has 2 unspecified atom stereocenters. The van der Waals surface area contributed by atoms with Crippen molar-refractivity contribution in [2.75, 3.05) is 5.32 Å². The van der Waals surface area contributed by atoms with Crippen molar-refractivity contribution in [1.82, 2.24) is 10.9 Å². The predicted molar refractivity (Wildman–Crippen MR) is 88.6 cm³/mol. The normalized spacial score (nSPS) is 20.5. The minimum absolute atomic E-state index is 0.0330. The lowest BCUT2D eigenvalue weighted by Gasteiger charge is -2.12. The Morgan fingerprint density at radius 3 is 2.78 bits per heavy atom. The van der Waals surface area contributed by atoms with Gasteiger partial charge in [0.05, 0.1) is 0 Å². The molecule has 2 aromatic rings. The number of benzene rings is 2. The fourth-order valence-corrected chi connectivity index (χ4v) is 2.91. The number of halogens is 2. The molecule has 1 saturated heterocycles. The van der Waals surface area contributed by atoms with Gasteiger partial charge in [-0.15, -0.1) is 0 Å². The van der Waals surface area contributed by atoms with Gasteiger partial charge in [0.15, 0.2) is 0 Å². The third-order valence-electron chi connectivity index (χ3n) is 3.93. The molecule has 1 heterocycles. The van der Waals surface area contributed by atoms with Crippen LogP contribution in [0.1, 0.15) is 23.6 Å². The lowest BCUT2D eigenvalue weighted by Crippen LogP contribution is -2.39. The van der Waals surface area contributed by atoms with Crippen LogP contribution in [0.2, 0.25) is 5.02 Å². The molecule has 4 nitrogen and oxygen atoms in total. The molecule has 0 bridgehead atoms. The van der Waals surface area contributed by atoms with Gasteiger partial charge in [0.2, 0.25) is 5.91 Å². The largest absolute Gasteiger partial charge is 0.325 e. The lowest BCUT2D eigenvalue weighted by atomic mass is 10.0. The summed E-state index contributed by atoms with van der Waals surface area (Å²) >= 11 is 6.19. The Morgan fingerprint density at radius 1 is 1.26 bits per heavy atom. The molecule has 120 valence electrons. The summed E-state index contributed by atoms with van der Waals surface area (Å²) in [6.45, 7) is 1.66. The van der Waals surface area contributed by atoms with Crippen molar-refractivity contribution >= 4 is 23.2 Å². The highest BCUT2D eigenvalue weighted by Crippen LogP contribution is 2.28. The topological polar surface area (TPSA) is 53.2 Å². The Morgan fingerprint density at radius 2 is 2.04 bits per heavy atom. The first-order valence-corrected chi connectivity index (χ1v) is 7.75. The molecule has 0 radical (unpaired) electrons. The number of amides is 1. The van der Waals surface area contributed by atoms with Gasteiger partial charge in [0.25, 0.3) is 0 Å². The summed E-state index contributed by atoms with van der Waals surface area (Å²) in [6, 6.07) is 11.6. The highest BCUT2D eigenvalue weighted by atomic mass is 35.5. The van der Waals surface area contributed by atoms with E-state index in [9.17, 15) is 9.18 Å². The predicted octanol–water partition coefficient (Wildman–Crippen LogP) is 3.33. The summed E-state index contributed by atoms with van der Waals surface area (Å²) in [4.78, 5) is 12.3. The van der Waals surface area contributed by atoms with E-state index in [1.165, 1.54) is 6.07 Å². The third-order valence-corrected chi connectivity index (χ3v) is 4.27. The summed E-state index contributed by atoms with van der Waals surface area (Å²) in [7, 11) is 0. The minimum Gasteiger partial charge on any atom is -0.325 e. The molecule has 1 fully saturated rings. The van der Waals surface area contributed by atoms with E-state index in [0.29, 0.717) is 22.7 Å². The molecule has 6 heteroatoms. The van der Waals surface area contributed by atoms with E-state index >= 15 is 0 Å². The summed E-state index contributed by atoms with van der Waals surface area (Å²) in [5.74, 6) is -0.458. The molecule has 3 rings (SSSR count). The zero-order valence-corrected chi connectivity index (χ0v) is 13.3. The van der Waals surface area contributed by atoms with Crippen molar-refractivity contribution in [1.29, 1.82) is 0 Å². The van der Waals surface area contributed by atoms with E-state index in [-0.39, 0.29) is 23.8 Å².